The van der Waals surface area contributed by atoms with E-state index < -0.39 is 5.97 Å². The van der Waals surface area contributed by atoms with Gasteiger partial charge in [0.1, 0.15) is 0 Å². The van der Waals surface area contributed by atoms with Gasteiger partial charge in [-0.2, -0.15) is 0 Å². The van der Waals surface area contributed by atoms with Gasteiger partial charge in [-0.3, -0.25) is 0 Å². The number of carbonyl (C=O) groups is 1. The van der Waals surface area contributed by atoms with Crippen molar-refractivity contribution in [3.05, 3.63) is 35.7 Å². The van der Waals surface area contributed by atoms with Gasteiger partial charge in [-0.15, -0.1) is 5.10 Å². The van der Waals surface area contributed by atoms with Crippen LogP contribution in [0.1, 0.15) is 48.8 Å². The maximum atomic E-state index is 11.4. The molecule has 6 nitrogen and oxygen atoms in total. The fourth-order valence-electron chi connectivity index (χ4n) is 2.57. The predicted octanol–water partition coefficient (Wildman–Crippen LogP) is 2.94. The van der Waals surface area contributed by atoms with Crippen LogP contribution in [0.25, 0.3) is 5.69 Å². The Morgan fingerprint density at radius 1 is 1.23 bits per heavy atom. The number of anilines is 1. The van der Waals surface area contributed by atoms with Gasteiger partial charge < -0.3 is 10.0 Å². The Morgan fingerprint density at radius 3 is 2.27 bits per heavy atom. The largest absolute Gasteiger partial charge is 0.476 e. The third-order valence-electron chi connectivity index (χ3n) is 3.89. The Bertz CT molecular complexity index is 643. The number of hydrogen-bond acceptors (Lipinski definition) is 4. The summed E-state index contributed by atoms with van der Waals surface area (Å²) < 4.78 is 1.65. The minimum Gasteiger partial charge on any atom is -0.476 e. The maximum Gasteiger partial charge on any atom is 0.358 e. The molecule has 1 aromatic heterocycles. The average Bonchev–Trinajstić information content (AvgIpc) is 2.94. The molecule has 0 aliphatic carbocycles. The van der Waals surface area contributed by atoms with Crippen molar-refractivity contribution in [1.82, 2.24) is 15.0 Å². The van der Waals surface area contributed by atoms with Gasteiger partial charge >= 0.3 is 5.97 Å². The molecule has 1 heterocycles. The van der Waals surface area contributed by atoms with Crippen LogP contribution in [0, 0.1) is 0 Å². The molecular formula is C16H22N4O2. The molecule has 118 valence electrons. The third kappa shape index (κ3) is 2.95. The van der Waals surface area contributed by atoms with Crippen molar-refractivity contribution in [3.8, 4) is 5.69 Å². The van der Waals surface area contributed by atoms with E-state index >= 15 is 0 Å². The topological polar surface area (TPSA) is 71.2 Å². The molecule has 0 bridgehead atoms. The lowest BCUT2D eigenvalue weighted by Gasteiger charge is -2.16. The van der Waals surface area contributed by atoms with Crippen LogP contribution < -0.4 is 4.90 Å². The van der Waals surface area contributed by atoms with Crippen LogP contribution in [-0.4, -0.2) is 40.2 Å². The van der Waals surface area contributed by atoms with Crippen molar-refractivity contribution < 1.29 is 9.90 Å². The lowest BCUT2D eigenvalue weighted by molar-refractivity contribution is 0.0688. The molecule has 0 amide bonds. The minimum atomic E-state index is -1.03. The first-order chi connectivity index (χ1) is 10.5. The van der Waals surface area contributed by atoms with E-state index in [2.05, 4.69) is 10.3 Å². The van der Waals surface area contributed by atoms with Crippen molar-refractivity contribution >= 4 is 11.7 Å². The number of rotatable bonds is 6. The number of aromatic nitrogens is 3. The van der Waals surface area contributed by atoms with Crippen LogP contribution in [-0.2, 0) is 0 Å². The number of carboxylic acids is 1. The Balaban J connectivity index is 2.52. The number of carboxylic acid groups (broad SMARTS) is 1. The second-order valence-corrected chi connectivity index (χ2v) is 5.46. The fourth-order valence-corrected chi connectivity index (χ4v) is 2.57. The van der Waals surface area contributed by atoms with Crippen LogP contribution in [0.4, 0.5) is 5.69 Å². The van der Waals surface area contributed by atoms with Crippen LogP contribution in [0.5, 0.6) is 0 Å². The first-order valence-corrected chi connectivity index (χ1v) is 7.46. The van der Waals surface area contributed by atoms with E-state index in [1.54, 1.807) is 4.68 Å². The highest BCUT2D eigenvalue weighted by atomic mass is 16.4. The molecule has 0 saturated heterocycles. The highest BCUT2D eigenvalue weighted by molar-refractivity contribution is 5.86. The molecule has 0 radical (unpaired) electrons. The van der Waals surface area contributed by atoms with Gasteiger partial charge in [-0.1, -0.05) is 19.1 Å². The zero-order valence-electron chi connectivity index (χ0n) is 13.4. The molecule has 0 unspecified atom stereocenters. The lowest BCUT2D eigenvalue weighted by Crippen LogP contribution is -2.12. The number of aromatic carboxylic acids is 1. The van der Waals surface area contributed by atoms with Gasteiger partial charge in [0.15, 0.2) is 5.69 Å². The SMILES string of the molecule is CCC(CC)c1c(C(=O)O)nnn1-c1ccc(N(C)C)cc1. The summed E-state index contributed by atoms with van der Waals surface area (Å²) in [6.07, 6.45) is 1.69. The normalized spacial score (nSPS) is 11.0. The van der Waals surface area contributed by atoms with E-state index in [1.807, 2.05) is 57.1 Å². The Morgan fingerprint density at radius 2 is 1.82 bits per heavy atom. The van der Waals surface area contributed by atoms with E-state index in [0.717, 1.165) is 24.2 Å². The summed E-state index contributed by atoms with van der Waals surface area (Å²) in [4.78, 5) is 13.4. The lowest BCUT2D eigenvalue weighted by atomic mass is 9.97. The zero-order chi connectivity index (χ0) is 16.3. The van der Waals surface area contributed by atoms with Crippen LogP contribution in [0.15, 0.2) is 24.3 Å². The van der Waals surface area contributed by atoms with Gasteiger partial charge in [-0.25, -0.2) is 9.48 Å². The Labute approximate surface area is 130 Å². The smallest absolute Gasteiger partial charge is 0.358 e. The Hall–Kier alpha value is -2.37. The highest BCUT2D eigenvalue weighted by Gasteiger charge is 2.25. The van der Waals surface area contributed by atoms with Crippen molar-refractivity contribution in [1.29, 1.82) is 0 Å². The molecule has 0 saturated carbocycles. The summed E-state index contributed by atoms with van der Waals surface area (Å²) in [5.41, 5.74) is 2.62. The molecule has 0 fully saturated rings. The van der Waals surface area contributed by atoms with E-state index in [0.29, 0.717) is 5.69 Å². The Kier molecular flexibility index (Phi) is 4.80. The molecule has 2 rings (SSSR count). The first-order valence-electron chi connectivity index (χ1n) is 7.46. The highest BCUT2D eigenvalue weighted by Crippen LogP contribution is 2.28. The second kappa shape index (κ2) is 6.60. The first kappa shape index (κ1) is 16.0. The van der Waals surface area contributed by atoms with Crippen molar-refractivity contribution in [3.63, 3.8) is 0 Å². The molecule has 0 atom stereocenters. The zero-order valence-corrected chi connectivity index (χ0v) is 13.4. The molecule has 0 aliphatic rings. The molecule has 22 heavy (non-hydrogen) atoms. The molecule has 6 heteroatoms. The number of benzene rings is 1. The van der Waals surface area contributed by atoms with Gasteiger partial charge in [0, 0.05) is 25.7 Å². The maximum absolute atomic E-state index is 11.4. The molecule has 2 aromatic rings. The van der Waals surface area contributed by atoms with Crippen molar-refractivity contribution in [2.45, 2.75) is 32.6 Å². The summed E-state index contributed by atoms with van der Waals surface area (Å²) in [6, 6.07) is 7.82. The third-order valence-corrected chi connectivity index (χ3v) is 3.89. The summed E-state index contributed by atoms with van der Waals surface area (Å²) in [7, 11) is 3.95. The summed E-state index contributed by atoms with van der Waals surface area (Å²) in [6.45, 7) is 4.10. The van der Waals surface area contributed by atoms with Crippen LogP contribution in [0.2, 0.25) is 0 Å². The predicted molar refractivity (Wildman–Crippen MR) is 86.0 cm³/mol. The fraction of sp³-hybridized carbons (Fsp3) is 0.438. The summed E-state index contributed by atoms with van der Waals surface area (Å²) >= 11 is 0. The van der Waals surface area contributed by atoms with Gasteiger partial charge in [0.2, 0.25) is 0 Å². The number of nitrogens with zero attached hydrogens (tertiary/aromatic N) is 4. The van der Waals surface area contributed by atoms with Gasteiger partial charge in [-0.05, 0) is 37.1 Å². The second-order valence-electron chi connectivity index (χ2n) is 5.46. The van der Waals surface area contributed by atoms with Crippen LogP contribution in [0.3, 0.4) is 0 Å². The standard InChI is InChI=1S/C16H22N4O2/c1-5-11(6-2)15-14(16(21)22)17-18-20(15)13-9-7-12(8-10-13)19(3)4/h7-11H,5-6H2,1-4H3,(H,21,22). The molecule has 0 spiro atoms. The van der Waals surface area contributed by atoms with E-state index in [-0.39, 0.29) is 11.6 Å². The quantitative estimate of drug-likeness (QED) is 0.888. The van der Waals surface area contributed by atoms with E-state index in [1.165, 1.54) is 0 Å². The van der Waals surface area contributed by atoms with E-state index in [9.17, 15) is 9.90 Å². The molecule has 1 aromatic carbocycles. The van der Waals surface area contributed by atoms with Crippen molar-refractivity contribution in [2.24, 2.45) is 0 Å². The monoisotopic (exact) mass is 302 g/mol. The average molecular weight is 302 g/mol. The van der Waals surface area contributed by atoms with Gasteiger partial charge in [0.25, 0.3) is 0 Å². The molecule has 1 N–H and O–H groups in total. The minimum absolute atomic E-state index is 0.0467. The van der Waals surface area contributed by atoms with Crippen molar-refractivity contribution in [2.75, 3.05) is 19.0 Å². The molecular weight excluding hydrogens is 280 g/mol. The van der Waals surface area contributed by atoms with E-state index in [4.69, 9.17) is 0 Å². The summed E-state index contributed by atoms with van der Waals surface area (Å²) in [5, 5.41) is 17.3. The molecule has 0 aliphatic heterocycles. The van der Waals surface area contributed by atoms with Gasteiger partial charge in [0.05, 0.1) is 11.4 Å². The van der Waals surface area contributed by atoms with Crippen LogP contribution >= 0.6 is 0 Å². The number of hydrogen-bond donors (Lipinski definition) is 1. The summed E-state index contributed by atoms with van der Waals surface area (Å²) in [5.74, 6) is -0.910.